The molecular weight excluding hydrogens is 377 g/mol. The number of likely N-dealkylation sites (tertiary alicyclic amines) is 1. The average Bonchev–Trinajstić information content (AvgIpc) is 3.07. The van der Waals surface area contributed by atoms with Crippen LogP contribution in [0.4, 0.5) is 0 Å². The summed E-state index contributed by atoms with van der Waals surface area (Å²) in [4.78, 5) is 6.83. The van der Waals surface area contributed by atoms with Gasteiger partial charge in [0.1, 0.15) is 0 Å². The van der Waals surface area contributed by atoms with Crippen molar-refractivity contribution in [2.75, 3.05) is 26.7 Å². The van der Waals surface area contributed by atoms with Gasteiger partial charge in [-0.2, -0.15) is 0 Å². The first-order valence-electron chi connectivity index (χ1n) is 7.52. The number of nitrogens with zero attached hydrogens (tertiary/aromatic N) is 3. The lowest BCUT2D eigenvalue weighted by atomic mass is 10.2. The Morgan fingerprint density at radius 3 is 2.86 bits per heavy atom. The molecule has 5 nitrogen and oxygen atoms in total. The highest BCUT2D eigenvalue weighted by Crippen LogP contribution is 2.15. The first kappa shape index (κ1) is 18.3. The van der Waals surface area contributed by atoms with Crippen LogP contribution >= 0.6 is 24.0 Å². The van der Waals surface area contributed by atoms with Crippen molar-refractivity contribution >= 4 is 29.9 Å². The molecule has 0 radical (unpaired) electrons. The van der Waals surface area contributed by atoms with Crippen molar-refractivity contribution in [2.45, 2.75) is 32.4 Å². The van der Waals surface area contributed by atoms with Crippen molar-refractivity contribution < 1.29 is 0 Å². The standard InChI is InChI=1S/C15H27N5.HI/c1-4-20-8-5-6-14(20)11-18-15(16-2)17-10-13-7-9-19(3)12-13;/h7,9,12,14H,4-6,8,10-11H2,1-3H3,(H2,16,17,18);1H. The van der Waals surface area contributed by atoms with Gasteiger partial charge in [0.2, 0.25) is 0 Å². The highest BCUT2D eigenvalue weighted by molar-refractivity contribution is 14.0. The molecule has 21 heavy (non-hydrogen) atoms. The molecule has 0 aromatic carbocycles. The number of likely N-dealkylation sites (N-methyl/N-ethyl adjacent to an activating group) is 1. The molecule has 1 atom stereocenters. The lowest BCUT2D eigenvalue weighted by molar-refractivity contribution is 0.267. The number of hydrogen-bond acceptors (Lipinski definition) is 2. The first-order chi connectivity index (χ1) is 9.72. The first-order valence-corrected chi connectivity index (χ1v) is 7.52. The van der Waals surface area contributed by atoms with Crippen molar-refractivity contribution in [3.05, 3.63) is 24.0 Å². The van der Waals surface area contributed by atoms with Gasteiger partial charge in [0, 0.05) is 45.6 Å². The van der Waals surface area contributed by atoms with E-state index in [4.69, 9.17) is 0 Å². The van der Waals surface area contributed by atoms with Crippen LogP contribution in [-0.2, 0) is 13.6 Å². The average molecular weight is 405 g/mol. The van der Waals surface area contributed by atoms with E-state index in [0.29, 0.717) is 6.04 Å². The van der Waals surface area contributed by atoms with Crippen LogP contribution in [0.1, 0.15) is 25.3 Å². The summed E-state index contributed by atoms with van der Waals surface area (Å²) in [6.07, 6.45) is 6.79. The zero-order chi connectivity index (χ0) is 14.4. The van der Waals surface area contributed by atoms with Gasteiger partial charge in [-0.05, 0) is 37.6 Å². The Labute approximate surface area is 145 Å². The van der Waals surface area contributed by atoms with E-state index >= 15 is 0 Å². The molecule has 0 saturated carbocycles. The summed E-state index contributed by atoms with van der Waals surface area (Å²) in [6.45, 7) is 6.40. The molecule has 0 amide bonds. The second kappa shape index (κ2) is 9.30. The molecule has 1 aliphatic heterocycles. The number of nitrogens with one attached hydrogen (secondary N) is 2. The lowest BCUT2D eigenvalue weighted by Gasteiger charge is -2.23. The number of aromatic nitrogens is 1. The van der Waals surface area contributed by atoms with E-state index in [1.54, 1.807) is 0 Å². The Morgan fingerprint density at radius 2 is 2.24 bits per heavy atom. The van der Waals surface area contributed by atoms with Crippen LogP contribution in [0.3, 0.4) is 0 Å². The Balaban J connectivity index is 0.00000220. The van der Waals surface area contributed by atoms with Crippen molar-refractivity contribution in [1.29, 1.82) is 0 Å². The van der Waals surface area contributed by atoms with Crippen LogP contribution in [0.15, 0.2) is 23.5 Å². The minimum Gasteiger partial charge on any atom is -0.357 e. The summed E-state index contributed by atoms with van der Waals surface area (Å²) in [5, 5.41) is 6.81. The molecule has 2 N–H and O–H groups in total. The molecule has 1 saturated heterocycles. The normalized spacial score (nSPS) is 19.4. The highest BCUT2D eigenvalue weighted by Gasteiger charge is 2.22. The predicted molar refractivity (Wildman–Crippen MR) is 99.3 cm³/mol. The number of rotatable bonds is 5. The van der Waals surface area contributed by atoms with Gasteiger partial charge >= 0.3 is 0 Å². The largest absolute Gasteiger partial charge is 0.357 e. The molecule has 6 heteroatoms. The van der Waals surface area contributed by atoms with Gasteiger partial charge in [-0.15, -0.1) is 24.0 Å². The van der Waals surface area contributed by atoms with Crippen LogP contribution in [0, 0.1) is 0 Å². The van der Waals surface area contributed by atoms with E-state index in [1.165, 1.54) is 24.9 Å². The summed E-state index contributed by atoms with van der Waals surface area (Å²) in [5.74, 6) is 0.886. The Hall–Kier alpha value is -0.760. The molecule has 1 aliphatic rings. The van der Waals surface area contributed by atoms with Crippen molar-refractivity contribution in [2.24, 2.45) is 12.0 Å². The lowest BCUT2D eigenvalue weighted by Crippen LogP contribution is -2.44. The molecule has 1 aromatic heterocycles. The molecule has 120 valence electrons. The van der Waals surface area contributed by atoms with Crippen molar-refractivity contribution in [3.63, 3.8) is 0 Å². The number of aryl methyl sites for hydroxylation is 1. The number of halogens is 1. The van der Waals surface area contributed by atoms with Gasteiger partial charge in [-0.25, -0.2) is 0 Å². The van der Waals surface area contributed by atoms with E-state index in [1.807, 2.05) is 14.1 Å². The number of guanidine groups is 1. The van der Waals surface area contributed by atoms with Gasteiger partial charge in [-0.3, -0.25) is 9.89 Å². The molecule has 2 rings (SSSR count). The summed E-state index contributed by atoms with van der Waals surface area (Å²) >= 11 is 0. The fourth-order valence-corrected chi connectivity index (χ4v) is 2.83. The molecule has 0 aliphatic carbocycles. The fraction of sp³-hybridized carbons (Fsp3) is 0.667. The summed E-state index contributed by atoms with van der Waals surface area (Å²) < 4.78 is 2.06. The maximum absolute atomic E-state index is 4.29. The van der Waals surface area contributed by atoms with Gasteiger partial charge in [-0.1, -0.05) is 6.92 Å². The Bertz CT molecular complexity index is 443. The molecular formula is C15H28IN5. The van der Waals surface area contributed by atoms with Crippen LogP contribution in [-0.4, -0.2) is 48.2 Å². The Morgan fingerprint density at radius 1 is 1.43 bits per heavy atom. The molecule has 0 spiro atoms. The predicted octanol–water partition coefficient (Wildman–Crippen LogP) is 1.79. The van der Waals surface area contributed by atoms with Crippen LogP contribution in [0.25, 0.3) is 0 Å². The third-order valence-corrected chi connectivity index (χ3v) is 3.99. The quantitative estimate of drug-likeness (QED) is 0.446. The summed E-state index contributed by atoms with van der Waals surface area (Å²) in [6, 6.07) is 2.77. The minimum atomic E-state index is 0. The van der Waals surface area contributed by atoms with Crippen LogP contribution in [0.2, 0.25) is 0 Å². The number of hydrogen-bond donors (Lipinski definition) is 2. The van der Waals surface area contributed by atoms with Gasteiger partial charge in [0.05, 0.1) is 0 Å². The van der Waals surface area contributed by atoms with Gasteiger partial charge < -0.3 is 15.2 Å². The zero-order valence-electron chi connectivity index (χ0n) is 13.3. The third-order valence-electron chi connectivity index (χ3n) is 3.99. The van der Waals surface area contributed by atoms with E-state index < -0.39 is 0 Å². The zero-order valence-corrected chi connectivity index (χ0v) is 15.6. The minimum absolute atomic E-state index is 0. The monoisotopic (exact) mass is 405 g/mol. The van der Waals surface area contributed by atoms with E-state index in [0.717, 1.165) is 25.6 Å². The molecule has 1 unspecified atom stereocenters. The second-order valence-corrected chi connectivity index (χ2v) is 5.42. The van der Waals surface area contributed by atoms with Gasteiger partial charge in [0.25, 0.3) is 0 Å². The summed E-state index contributed by atoms with van der Waals surface area (Å²) in [5.41, 5.74) is 1.27. The van der Waals surface area contributed by atoms with Crippen LogP contribution in [0.5, 0.6) is 0 Å². The number of aliphatic imine (C=N–C) groups is 1. The SMILES string of the molecule is CCN1CCCC1CNC(=NC)NCc1ccn(C)c1.I. The van der Waals surface area contributed by atoms with Crippen LogP contribution < -0.4 is 10.6 Å². The van der Waals surface area contributed by atoms with E-state index in [9.17, 15) is 0 Å². The van der Waals surface area contributed by atoms with E-state index in [2.05, 4.69) is 50.5 Å². The Kier molecular flexibility index (Phi) is 8.10. The maximum atomic E-state index is 4.29. The third kappa shape index (κ3) is 5.50. The van der Waals surface area contributed by atoms with Gasteiger partial charge in [0.15, 0.2) is 5.96 Å². The topological polar surface area (TPSA) is 44.6 Å². The smallest absolute Gasteiger partial charge is 0.191 e. The van der Waals surface area contributed by atoms with Crippen molar-refractivity contribution in [1.82, 2.24) is 20.1 Å². The molecule has 2 heterocycles. The second-order valence-electron chi connectivity index (χ2n) is 5.42. The maximum Gasteiger partial charge on any atom is 0.191 e. The summed E-state index contributed by atoms with van der Waals surface area (Å²) in [7, 11) is 3.86. The molecule has 0 bridgehead atoms. The molecule has 1 aromatic rings. The van der Waals surface area contributed by atoms with E-state index in [-0.39, 0.29) is 24.0 Å². The van der Waals surface area contributed by atoms with Crippen molar-refractivity contribution in [3.8, 4) is 0 Å². The fourth-order valence-electron chi connectivity index (χ4n) is 2.83. The highest BCUT2D eigenvalue weighted by atomic mass is 127. The molecule has 1 fully saturated rings.